The van der Waals surface area contributed by atoms with Gasteiger partial charge in [0.05, 0.1) is 0 Å². The molecule has 0 aromatic rings. The Balaban J connectivity index is 4.68. The number of carbonyl (C=O) groups excluding carboxylic acids is 2. The maximum Gasteiger partial charge on any atom is 0.491 e. The molecule has 0 radical (unpaired) electrons. The number of phosphoric ester groups is 1. The summed E-state index contributed by atoms with van der Waals surface area (Å²) in [6, 6.07) is 0. The highest BCUT2D eigenvalue weighted by molar-refractivity contribution is 7.47. The number of alkyl halides is 6. The number of rotatable bonds is 2. The second-order valence-corrected chi connectivity index (χ2v) is 3.46. The van der Waals surface area contributed by atoms with Crippen molar-refractivity contribution in [2.45, 2.75) is 12.4 Å². The molecule has 0 bridgehead atoms. The van der Waals surface area contributed by atoms with Gasteiger partial charge in [-0.05, 0) is 0 Å². The summed E-state index contributed by atoms with van der Waals surface area (Å²) >= 11 is 0. The first-order chi connectivity index (χ1) is 7.26. The minimum Gasteiger partial charge on any atom is -0.736 e. The summed E-state index contributed by atoms with van der Waals surface area (Å²) in [6.07, 6.45) is -11.5. The largest absolute Gasteiger partial charge is 0.736 e. The molecule has 0 N–H and O–H groups in total. The van der Waals surface area contributed by atoms with Crippen LogP contribution in [-0.4, -0.2) is 24.3 Å². The normalized spacial score (nSPS) is 13.1. The lowest BCUT2D eigenvalue weighted by Crippen LogP contribution is -2.30. The SMILES string of the molecule is O=C(OP(=O)([O-])OC(=O)C(F)(F)F)C(F)(F)F. The average Bonchev–Trinajstić information content (AvgIpc) is 1.97. The molecular weight excluding hydrogens is 289 g/mol. The Morgan fingerprint density at radius 2 is 1.12 bits per heavy atom. The van der Waals surface area contributed by atoms with E-state index >= 15 is 0 Å². The van der Waals surface area contributed by atoms with Gasteiger partial charge in [-0.15, -0.1) is 0 Å². The van der Waals surface area contributed by atoms with Gasteiger partial charge >= 0.3 is 32.1 Å². The first-order valence-electron chi connectivity index (χ1n) is 3.18. The summed E-state index contributed by atoms with van der Waals surface area (Å²) < 4.78 is 84.1. The number of carbonyl (C=O) groups is 2. The van der Waals surface area contributed by atoms with Crippen molar-refractivity contribution in [3.8, 4) is 0 Å². The van der Waals surface area contributed by atoms with Crippen molar-refractivity contribution < 1.29 is 54.4 Å². The van der Waals surface area contributed by atoms with Gasteiger partial charge in [0.2, 0.25) is 0 Å². The van der Waals surface area contributed by atoms with Gasteiger partial charge in [-0.1, -0.05) is 0 Å². The summed E-state index contributed by atoms with van der Waals surface area (Å²) in [5.41, 5.74) is 0. The zero-order valence-corrected chi connectivity index (χ0v) is 8.06. The fourth-order valence-electron chi connectivity index (χ4n) is 0.325. The van der Waals surface area contributed by atoms with Crippen LogP contribution in [0.2, 0.25) is 0 Å². The van der Waals surface area contributed by atoms with E-state index < -0.39 is 32.1 Å². The fourth-order valence-corrected chi connectivity index (χ4v) is 0.976. The van der Waals surface area contributed by atoms with Gasteiger partial charge in [0.25, 0.3) is 0 Å². The van der Waals surface area contributed by atoms with E-state index in [1.165, 1.54) is 0 Å². The minimum absolute atomic E-state index is 2.56. The van der Waals surface area contributed by atoms with Crippen LogP contribution in [0.25, 0.3) is 0 Å². The van der Waals surface area contributed by atoms with Crippen LogP contribution in [-0.2, 0) is 23.2 Å². The third kappa shape index (κ3) is 5.54. The monoisotopic (exact) mass is 289 g/mol. The number of hydrogen-bond acceptors (Lipinski definition) is 6. The highest BCUT2D eigenvalue weighted by atomic mass is 31.2. The third-order valence-corrected chi connectivity index (χ3v) is 1.63. The van der Waals surface area contributed by atoms with E-state index in [1.807, 2.05) is 0 Å². The molecule has 0 aromatic heterocycles. The molecule has 0 spiro atoms. The Morgan fingerprint density at radius 1 is 0.882 bits per heavy atom. The van der Waals surface area contributed by atoms with Gasteiger partial charge in [-0.2, -0.15) is 26.3 Å². The van der Waals surface area contributed by atoms with Crippen molar-refractivity contribution in [2.75, 3.05) is 0 Å². The van der Waals surface area contributed by atoms with E-state index in [2.05, 4.69) is 9.05 Å². The van der Waals surface area contributed by atoms with Crippen molar-refractivity contribution in [3.05, 3.63) is 0 Å². The summed E-state index contributed by atoms with van der Waals surface area (Å²) in [6.45, 7) is 0. The number of phosphoric acid groups is 1. The van der Waals surface area contributed by atoms with E-state index in [1.54, 1.807) is 0 Å². The van der Waals surface area contributed by atoms with Crippen LogP contribution in [0, 0.1) is 0 Å². The van der Waals surface area contributed by atoms with Crippen LogP contribution >= 0.6 is 7.82 Å². The molecule has 0 heterocycles. The molecule has 100 valence electrons. The quantitative estimate of drug-likeness (QED) is 0.548. The molecule has 0 rings (SSSR count). The van der Waals surface area contributed by atoms with E-state index in [0.717, 1.165) is 0 Å². The van der Waals surface area contributed by atoms with Crippen LogP contribution in [0.5, 0.6) is 0 Å². The van der Waals surface area contributed by atoms with Crippen molar-refractivity contribution in [1.29, 1.82) is 0 Å². The van der Waals surface area contributed by atoms with Crippen LogP contribution in [0.3, 0.4) is 0 Å². The average molecular weight is 289 g/mol. The van der Waals surface area contributed by atoms with Crippen molar-refractivity contribution in [3.63, 3.8) is 0 Å². The van der Waals surface area contributed by atoms with Crippen LogP contribution < -0.4 is 4.89 Å². The van der Waals surface area contributed by atoms with Gasteiger partial charge < -0.3 is 13.9 Å². The first-order valence-corrected chi connectivity index (χ1v) is 4.64. The van der Waals surface area contributed by atoms with E-state index in [-0.39, 0.29) is 0 Å². The van der Waals surface area contributed by atoms with Gasteiger partial charge in [0.1, 0.15) is 0 Å². The zero-order chi connectivity index (χ0) is 14.1. The molecule has 0 fully saturated rings. The highest BCUT2D eigenvalue weighted by Gasteiger charge is 2.47. The van der Waals surface area contributed by atoms with Gasteiger partial charge in [0, 0.05) is 0 Å². The molecule has 0 aliphatic rings. The molecule has 17 heavy (non-hydrogen) atoms. The molecule has 0 saturated heterocycles. The van der Waals surface area contributed by atoms with E-state index in [4.69, 9.17) is 0 Å². The third-order valence-electron chi connectivity index (χ3n) is 0.852. The molecule has 0 amide bonds. The Bertz CT molecular complexity index is 338. The number of hydrogen-bond donors (Lipinski definition) is 0. The van der Waals surface area contributed by atoms with Crippen LogP contribution in [0.1, 0.15) is 0 Å². The Kier molecular flexibility index (Phi) is 4.18. The molecule has 0 aliphatic carbocycles. The number of halogens is 6. The molecular formula is C4F6O6P-. The fraction of sp³-hybridized carbons (Fsp3) is 0.500. The smallest absolute Gasteiger partial charge is 0.491 e. The standard InChI is InChI=1S/C4HF6O6P/c5-3(6,7)1(11)15-17(13,14)16-2(12)4(8,9)10/h(H,13,14)/p-1. The van der Waals surface area contributed by atoms with E-state index in [9.17, 15) is 45.4 Å². The Morgan fingerprint density at radius 3 is 1.29 bits per heavy atom. The predicted octanol–water partition coefficient (Wildman–Crippen LogP) is 0.666. The Hall–Kier alpha value is -1.29. The molecule has 0 aromatic carbocycles. The highest BCUT2D eigenvalue weighted by Crippen LogP contribution is 2.42. The molecule has 0 atom stereocenters. The summed E-state index contributed by atoms with van der Waals surface area (Å²) in [5, 5.41) is 0. The second-order valence-electron chi connectivity index (χ2n) is 2.20. The topological polar surface area (TPSA) is 92.7 Å². The molecule has 0 unspecified atom stereocenters. The molecule has 6 nitrogen and oxygen atoms in total. The Labute approximate surface area is 87.7 Å². The summed E-state index contributed by atoms with van der Waals surface area (Å²) in [4.78, 5) is 30.1. The predicted molar refractivity (Wildman–Crippen MR) is 31.9 cm³/mol. The second kappa shape index (κ2) is 4.53. The molecule has 13 heteroatoms. The minimum atomic E-state index is -6.39. The van der Waals surface area contributed by atoms with Crippen molar-refractivity contribution >= 4 is 19.8 Å². The van der Waals surface area contributed by atoms with E-state index in [0.29, 0.717) is 0 Å². The van der Waals surface area contributed by atoms with Crippen LogP contribution in [0.4, 0.5) is 26.3 Å². The first kappa shape index (κ1) is 15.7. The maximum atomic E-state index is 11.5. The lowest BCUT2D eigenvalue weighted by Gasteiger charge is -2.22. The summed E-state index contributed by atoms with van der Waals surface area (Å²) in [7, 11) is -6.39. The van der Waals surface area contributed by atoms with Gasteiger partial charge in [-0.3, -0.25) is 0 Å². The lowest BCUT2D eigenvalue weighted by molar-refractivity contribution is -0.242. The zero-order valence-electron chi connectivity index (χ0n) is 7.16. The van der Waals surface area contributed by atoms with Gasteiger partial charge in [0.15, 0.2) is 0 Å². The lowest BCUT2D eigenvalue weighted by atomic mass is 10.7. The molecule has 0 saturated carbocycles. The van der Waals surface area contributed by atoms with Gasteiger partial charge in [-0.25, -0.2) is 14.2 Å². The molecule has 0 aliphatic heterocycles. The van der Waals surface area contributed by atoms with Crippen molar-refractivity contribution in [2.24, 2.45) is 0 Å². The summed E-state index contributed by atoms with van der Waals surface area (Å²) in [5.74, 6) is -6.68. The van der Waals surface area contributed by atoms with Crippen LogP contribution in [0.15, 0.2) is 0 Å². The maximum absolute atomic E-state index is 11.5. The van der Waals surface area contributed by atoms with Crippen molar-refractivity contribution in [1.82, 2.24) is 0 Å².